The number of hydrogen-bond acceptors (Lipinski definition) is 3. The lowest BCUT2D eigenvalue weighted by Crippen LogP contribution is -1.99. The number of Topliss-reactive ketones (excluding diaryl/α,β-unsaturated/α-hetero) is 1. The Kier molecular flexibility index (Phi) is 2.77. The number of rotatable bonds is 2. The molecule has 0 fully saturated rings. The van der Waals surface area contributed by atoms with Crippen LogP contribution < -0.4 is 0 Å². The van der Waals surface area contributed by atoms with Crippen LogP contribution in [0.1, 0.15) is 17.3 Å². The first-order chi connectivity index (χ1) is 6.02. The second-order valence-electron chi connectivity index (χ2n) is 2.47. The molecule has 0 aliphatic carbocycles. The van der Waals surface area contributed by atoms with E-state index in [1.54, 1.807) is 6.07 Å². The summed E-state index contributed by atoms with van der Waals surface area (Å²) in [5.41, 5.74) is -0.0323. The van der Waals surface area contributed by atoms with Gasteiger partial charge < -0.3 is 0 Å². The summed E-state index contributed by atoms with van der Waals surface area (Å²) in [5.74, 6) is -0.306. The van der Waals surface area contributed by atoms with E-state index in [0.29, 0.717) is 4.47 Å². The van der Waals surface area contributed by atoms with Gasteiger partial charge in [0.15, 0.2) is 5.78 Å². The third kappa shape index (κ3) is 2.12. The van der Waals surface area contributed by atoms with E-state index in [0.717, 1.165) is 0 Å². The fourth-order valence-electron chi connectivity index (χ4n) is 0.954. The smallest absolute Gasteiger partial charge is 0.281 e. The van der Waals surface area contributed by atoms with Crippen molar-refractivity contribution in [2.75, 3.05) is 0 Å². The summed E-state index contributed by atoms with van der Waals surface area (Å²) in [5, 5.41) is 10.5. The number of carbonyl (C=O) groups excluding carboxylic acids is 1. The average Bonchev–Trinajstić information content (AvgIpc) is 2.03. The van der Waals surface area contributed by atoms with Crippen LogP contribution in [0.5, 0.6) is 0 Å². The van der Waals surface area contributed by atoms with Crippen molar-refractivity contribution in [3.05, 3.63) is 38.3 Å². The molecule has 0 saturated heterocycles. The molecule has 68 valence electrons. The highest BCUT2D eigenvalue weighted by Crippen LogP contribution is 2.23. The van der Waals surface area contributed by atoms with Crippen molar-refractivity contribution in [1.29, 1.82) is 0 Å². The molecule has 4 nitrogen and oxygen atoms in total. The number of benzene rings is 1. The minimum Gasteiger partial charge on any atom is -0.294 e. The van der Waals surface area contributed by atoms with Crippen molar-refractivity contribution in [3.63, 3.8) is 0 Å². The van der Waals surface area contributed by atoms with Crippen molar-refractivity contribution in [2.24, 2.45) is 0 Å². The van der Waals surface area contributed by atoms with Gasteiger partial charge in [-0.2, -0.15) is 0 Å². The Morgan fingerprint density at radius 1 is 1.54 bits per heavy atom. The molecule has 0 N–H and O–H groups in total. The molecular weight excluding hydrogens is 238 g/mol. The van der Waals surface area contributed by atoms with Gasteiger partial charge in [0.25, 0.3) is 5.69 Å². The van der Waals surface area contributed by atoms with E-state index in [9.17, 15) is 14.9 Å². The molecule has 0 saturated carbocycles. The molecule has 0 aromatic heterocycles. The van der Waals surface area contributed by atoms with Gasteiger partial charge in [0, 0.05) is 10.5 Å². The number of nitrogens with zero attached hydrogens (tertiary/aromatic N) is 1. The predicted molar refractivity (Wildman–Crippen MR) is 50.8 cm³/mol. The first-order valence-corrected chi connectivity index (χ1v) is 4.26. The van der Waals surface area contributed by atoms with E-state index >= 15 is 0 Å². The van der Waals surface area contributed by atoms with E-state index in [-0.39, 0.29) is 17.0 Å². The fourth-order valence-corrected chi connectivity index (χ4v) is 1.30. The second-order valence-corrected chi connectivity index (χ2v) is 3.39. The van der Waals surface area contributed by atoms with Gasteiger partial charge in [0.1, 0.15) is 0 Å². The zero-order chi connectivity index (χ0) is 10.0. The quantitative estimate of drug-likeness (QED) is 0.456. The molecule has 0 amide bonds. The SMILES string of the molecule is CC(=O)c1ccc(Br)cc1[N+](=O)[O-]. The van der Waals surface area contributed by atoms with E-state index in [1.165, 1.54) is 19.1 Å². The van der Waals surface area contributed by atoms with Gasteiger partial charge in [-0.15, -0.1) is 0 Å². The molecule has 0 radical (unpaired) electrons. The van der Waals surface area contributed by atoms with E-state index in [1.807, 2.05) is 0 Å². The highest BCUT2D eigenvalue weighted by Gasteiger charge is 2.16. The van der Waals surface area contributed by atoms with Crippen LogP contribution in [-0.4, -0.2) is 10.7 Å². The Bertz CT molecular complexity index is 376. The number of nitro groups is 1. The van der Waals surface area contributed by atoms with E-state index < -0.39 is 4.92 Å². The molecule has 13 heavy (non-hydrogen) atoms. The van der Waals surface area contributed by atoms with Crippen LogP contribution in [0.25, 0.3) is 0 Å². The maximum absolute atomic E-state index is 11.0. The number of carbonyl (C=O) groups is 1. The summed E-state index contributed by atoms with van der Waals surface area (Å²) in [6.07, 6.45) is 0. The van der Waals surface area contributed by atoms with Crippen molar-refractivity contribution < 1.29 is 9.72 Å². The first kappa shape index (κ1) is 9.85. The average molecular weight is 244 g/mol. The zero-order valence-electron chi connectivity index (χ0n) is 6.78. The molecule has 1 aromatic rings. The summed E-state index contributed by atoms with van der Waals surface area (Å²) in [6, 6.07) is 4.35. The highest BCUT2D eigenvalue weighted by molar-refractivity contribution is 9.10. The molecular formula is C8H6BrNO3. The van der Waals surface area contributed by atoms with Crippen LogP contribution in [0, 0.1) is 10.1 Å². The molecule has 1 aromatic carbocycles. The number of ketones is 1. The Hall–Kier alpha value is -1.23. The monoisotopic (exact) mass is 243 g/mol. The van der Waals surface area contributed by atoms with Gasteiger partial charge in [0.05, 0.1) is 10.5 Å². The van der Waals surface area contributed by atoms with Crippen molar-refractivity contribution >= 4 is 27.4 Å². The minimum atomic E-state index is -0.568. The fraction of sp³-hybridized carbons (Fsp3) is 0.125. The Balaban J connectivity index is 3.35. The maximum Gasteiger partial charge on any atom is 0.281 e. The summed E-state index contributed by atoms with van der Waals surface area (Å²) in [4.78, 5) is 20.9. The minimum absolute atomic E-state index is 0.133. The lowest BCUT2D eigenvalue weighted by Gasteiger charge is -1.98. The molecule has 0 aliphatic heterocycles. The Morgan fingerprint density at radius 2 is 2.15 bits per heavy atom. The van der Waals surface area contributed by atoms with Crippen LogP contribution >= 0.6 is 15.9 Å². The molecule has 0 heterocycles. The lowest BCUT2D eigenvalue weighted by molar-refractivity contribution is -0.385. The van der Waals surface area contributed by atoms with Gasteiger partial charge in [-0.3, -0.25) is 14.9 Å². The van der Waals surface area contributed by atoms with E-state index in [4.69, 9.17) is 0 Å². The third-order valence-electron chi connectivity index (χ3n) is 1.54. The van der Waals surface area contributed by atoms with Crippen LogP contribution in [0.3, 0.4) is 0 Å². The molecule has 5 heteroatoms. The van der Waals surface area contributed by atoms with Crippen LogP contribution in [-0.2, 0) is 0 Å². The van der Waals surface area contributed by atoms with Gasteiger partial charge in [0.2, 0.25) is 0 Å². The highest BCUT2D eigenvalue weighted by atomic mass is 79.9. The van der Waals surface area contributed by atoms with Gasteiger partial charge in [-0.1, -0.05) is 15.9 Å². The van der Waals surface area contributed by atoms with Crippen molar-refractivity contribution in [3.8, 4) is 0 Å². The molecule has 0 spiro atoms. The zero-order valence-corrected chi connectivity index (χ0v) is 8.37. The number of hydrogen-bond donors (Lipinski definition) is 0. The molecule has 0 aliphatic rings. The summed E-state index contributed by atoms with van der Waals surface area (Å²) < 4.78 is 0.587. The van der Waals surface area contributed by atoms with Crippen molar-refractivity contribution in [2.45, 2.75) is 6.92 Å². The van der Waals surface area contributed by atoms with E-state index in [2.05, 4.69) is 15.9 Å². The van der Waals surface area contributed by atoms with Crippen LogP contribution in [0.2, 0.25) is 0 Å². The molecule has 0 unspecified atom stereocenters. The largest absolute Gasteiger partial charge is 0.294 e. The van der Waals surface area contributed by atoms with Gasteiger partial charge in [-0.05, 0) is 19.1 Å². The summed E-state index contributed by atoms with van der Waals surface area (Å²) in [6.45, 7) is 1.30. The topological polar surface area (TPSA) is 60.2 Å². The normalized spacial score (nSPS) is 9.69. The molecule has 1 rings (SSSR count). The van der Waals surface area contributed by atoms with Crippen molar-refractivity contribution in [1.82, 2.24) is 0 Å². The third-order valence-corrected chi connectivity index (χ3v) is 2.03. The maximum atomic E-state index is 11.0. The number of nitro benzene ring substituents is 1. The lowest BCUT2D eigenvalue weighted by atomic mass is 10.1. The van der Waals surface area contributed by atoms with Gasteiger partial charge in [-0.25, -0.2) is 0 Å². The van der Waals surface area contributed by atoms with Crippen LogP contribution in [0.15, 0.2) is 22.7 Å². The first-order valence-electron chi connectivity index (χ1n) is 3.47. The standard InChI is InChI=1S/C8H6BrNO3/c1-5(11)7-3-2-6(9)4-8(7)10(12)13/h2-4H,1H3. The second kappa shape index (κ2) is 3.66. The summed E-state index contributed by atoms with van der Waals surface area (Å²) in [7, 11) is 0. The Labute approximate surface area is 82.8 Å². The number of halogens is 1. The van der Waals surface area contributed by atoms with Crippen LogP contribution in [0.4, 0.5) is 5.69 Å². The Morgan fingerprint density at radius 3 is 2.62 bits per heavy atom. The van der Waals surface area contributed by atoms with Gasteiger partial charge >= 0.3 is 0 Å². The molecule has 0 atom stereocenters. The summed E-state index contributed by atoms with van der Waals surface area (Å²) >= 11 is 3.10. The predicted octanol–water partition coefficient (Wildman–Crippen LogP) is 2.56. The molecule has 0 bridgehead atoms.